The van der Waals surface area contributed by atoms with E-state index in [-0.39, 0.29) is 23.8 Å². The van der Waals surface area contributed by atoms with Crippen LogP contribution < -0.4 is 5.32 Å². The minimum atomic E-state index is -4.48. The first-order chi connectivity index (χ1) is 14.8. The standard InChI is InChI=1S/C21H23BrF3N5O/c22-17-18(20(31)29-10-9-28-8-4-7-14(28)12-29)27-30-16(21(23,24)25)11-15(26-19(17)30)13-5-2-1-3-6-13/h1-3,5-6,14-16,26H,4,7-12H2/t14-,15-,16+/m0/s1. The molecular weight excluding hydrogens is 475 g/mol. The van der Waals surface area contributed by atoms with Crippen LogP contribution in [-0.4, -0.2) is 63.9 Å². The highest BCUT2D eigenvalue weighted by Gasteiger charge is 2.48. The SMILES string of the molecule is O=C(c1nn2c(c1Br)N[C@H](c1ccccc1)C[C@@H]2C(F)(F)F)N1CCN2CCC[C@H]2C1. The van der Waals surface area contributed by atoms with E-state index in [2.05, 4.69) is 31.2 Å². The third kappa shape index (κ3) is 3.73. The van der Waals surface area contributed by atoms with Crippen LogP contribution in [0, 0.1) is 0 Å². The fourth-order valence-electron chi connectivity index (χ4n) is 4.96. The topological polar surface area (TPSA) is 53.4 Å². The minimum Gasteiger partial charge on any atom is -0.362 e. The number of carbonyl (C=O) groups is 1. The molecule has 0 aliphatic carbocycles. The monoisotopic (exact) mass is 497 g/mol. The van der Waals surface area contributed by atoms with Crippen molar-refractivity contribution in [1.29, 1.82) is 0 Å². The number of benzene rings is 1. The molecule has 1 aromatic heterocycles. The number of hydrogen-bond acceptors (Lipinski definition) is 4. The third-order valence-corrected chi connectivity index (χ3v) is 7.33. The third-order valence-electron chi connectivity index (χ3n) is 6.57. The molecule has 0 bridgehead atoms. The van der Waals surface area contributed by atoms with Crippen LogP contribution in [0.2, 0.25) is 0 Å². The van der Waals surface area contributed by atoms with Gasteiger partial charge >= 0.3 is 6.18 Å². The Morgan fingerprint density at radius 3 is 2.68 bits per heavy atom. The predicted octanol–water partition coefficient (Wildman–Crippen LogP) is 4.23. The van der Waals surface area contributed by atoms with Crippen molar-refractivity contribution in [2.75, 3.05) is 31.5 Å². The van der Waals surface area contributed by atoms with Gasteiger partial charge in [0.05, 0.1) is 10.5 Å². The molecule has 10 heteroatoms. The summed E-state index contributed by atoms with van der Waals surface area (Å²) < 4.78 is 43.1. The fourth-order valence-corrected chi connectivity index (χ4v) is 5.50. The van der Waals surface area contributed by atoms with Gasteiger partial charge in [0.1, 0.15) is 5.82 Å². The number of anilines is 1. The zero-order chi connectivity index (χ0) is 21.8. The maximum atomic E-state index is 13.9. The van der Waals surface area contributed by atoms with Gasteiger partial charge in [-0.05, 0) is 40.9 Å². The second-order valence-corrected chi connectivity index (χ2v) is 9.23. The van der Waals surface area contributed by atoms with Crippen LogP contribution in [0.3, 0.4) is 0 Å². The Labute approximate surface area is 186 Å². The molecule has 0 unspecified atom stereocenters. The number of hydrogen-bond donors (Lipinski definition) is 1. The summed E-state index contributed by atoms with van der Waals surface area (Å²) in [4.78, 5) is 17.3. The molecule has 2 fully saturated rings. The van der Waals surface area contributed by atoms with Gasteiger partial charge in [-0.2, -0.15) is 18.3 Å². The highest BCUT2D eigenvalue weighted by Crippen LogP contribution is 2.46. The van der Waals surface area contributed by atoms with E-state index in [9.17, 15) is 18.0 Å². The molecule has 3 aliphatic rings. The van der Waals surface area contributed by atoms with E-state index in [4.69, 9.17) is 0 Å². The molecule has 3 aliphatic heterocycles. The first-order valence-electron chi connectivity index (χ1n) is 10.5. The van der Waals surface area contributed by atoms with Crippen LogP contribution >= 0.6 is 15.9 Å². The molecule has 2 aromatic rings. The van der Waals surface area contributed by atoms with Gasteiger partial charge in [0, 0.05) is 32.1 Å². The molecule has 3 atom stereocenters. The van der Waals surface area contributed by atoms with Crippen LogP contribution in [0.15, 0.2) is 34.8 Å². The van der Waals surface area contributed by atoms with Gasteiger partial charge in [-0.1, -0.05) is 30.3 Å². The van der Waals surface area contributed by atoms with Crippen molar-refractivity contribution < 1.29 is 18.0 Å². The number of carbonyl (C=O) groups excluding carboxylic acids is 1. The Morgan fingerprint density at radius 1 is 1.16 bits per heavy atom. The summed E-state index contributed by atoms with van der Waals surface area (Å²) in [5.41, 5.74) is 0.804. The van der Waals surface area contributed by atoms with E-state index in [1.807, 2.05) is 6.07 Å². The molecule has 2 saturated heterocycles. The first kappa shape index (κ1) is 20.8. The Bertz CT molecular complexity index is 979. The lowest BCUT2D eigenvalue weighted by atomic mass is 9.97. The Morgan fingerprint density at radius 2 is 1.94 bits per heavy atom. The highest BCUT2D eigenvalue weighted by molar-refractivity contribution is 9.10. The van der Waals surface area contributed by atoms with Crippen LogP contribution in [0.4, 0.5) is 19.0 Å². The summed E-state index contributed by atoms with van der Waals surface area (Å²) in [6, 6.07) is 7.04. The average Bonchev–Trinajstić information content (AvgIpc) is 3.36. The normalized spacial score (nSPS) is 26.3. The van der Waals surface area contributed by atoms with Gasteiger partial charge in [0.25, 0.3) is 5.91 Å². The van der Waals surface area contributed by atoms with Crippen LogP contribution in [-0.2, 0) is 0 Å². The molecule has 31 heavy (non-hydrogen) atoms. The molecule has 1 N–H and O–H groups in total. The van der Waals surface area contributed by atoms with E-state index in [1.54, 1.807) is 29.2 Å². The smallest absolute Gasteiger partial charge is 0.362 e. The van der Waals surface area contributed by atoms with E-state index in [0.717, 1.165) is 36.2 Å². The lowest BCUT2D eigenvalue weighted by molar-refractivity contribution is -0.173. The molecule has 0 saturated carbocycles. The van der Waals surface area contributed by atoms with Crippen LogP contribution in [0.5, 0.6) is 0 Å². The van der Waals surface area contributed by atoms with Gasteiger partial charge in [-0.15, -0.1) is 0 Å². The van der Waals surface area contributed by atoms with E-state index in [1.165, 1.54) is 0 Å². The van der Waals surface area contributed by atoms with Gasteiger partial charge in [0.15, 0.2) is 11.7 Å². The molecule has 0 spiro atoms. The molecule has 4 heterocycles. The second-order valence-electron chi connectivity index (χ2n) is 8.44. The number of piperazine rings is 1. The largest absolute Gasteiger partial charge is 0.410 e. The van der Waals surface area contributed by atoms with Gasteiger partial charge in [-0.25, -0.2) is 4.68 Å². The summed E-state index contributed by atoms with van der Waals surface area (Å²) >= 11 is 3.38. The molecule has 5 rings (SSSR count). The quantitative estimate of drug-likeness (QED) is 0.674. The van der Waals surface area contributed by atoms with Crippen molar-refractivity contribution in [1.82, 2.24) is 19.6 Å². The summed E-state index contributed by atoms with van der Waals surface area (Å²) in [7, 11) is 0. The average molecular weight is 498 g/mol. The number of halogens is 4. The minimum absolute atomic E-state index is 0.0388. The Hall–Kier alpha value is -2.07. The highest BCUT2D eigenvalue weighted by atomic mass is 79.9. The molecule has 6 nitrogen and oxygen atoms in total. The van der Waals surface area contributed by atoms with Crippen molar-refractivity contribution in [3.63, 3.8) is 0 Å². The van der Waals surface area contributed by atoms with Crippen LogP contribution in [0.25, 0.3) is 0 Å². The number of rotatable bonds is 2. The molecule has 1 aromatic carbocycles. The zero-order valence-corrected chi connectivity index (χ0v) is 18.4. The van der Waals surface area contributed by atoms with Crippen molar-refractivity contribution in [2.45, 2.75) is 43.6 Å². The number of aromatic nitrogens is 2. The van der Waals surface area contributed by atoms with Crippen molar-refractivity contribution in [3.05, 3.63) is 46.1 Å². The number of nitrogens with zero attached hydrogens (tertiary/aromatic N) is 4. The molecular formula is C21H23BrF3N5O. The van der Waals surface area contributed by atoms with Crippen LogP contribution in [0.1, 0.15) is 47.4 Å². The fraction of sp³-hybridized carbons (Fsp3) is 0.524. The number of alkyl halides is 3. The summed E-state index contributed by atoms with van der Waals surface area (Å²) in [6.07, 6.45) is -2.51. The Kier molecular flexibility index (Phi) is 5.24. The summed E-state index contributed by atoms with van der Waals surface area (Å²) in [5.74, 6) is -0.121. The van der Waals surface area contributed by atoms with E-state index in [0.29, 0.717) is 23.6 Å². The number of amides is 1. The number of fused-ring (bicyclic) bond motifs is 2. The van der Waals surface area contributed by atoms with Crippen molar-refractivity contribution >= 4 is 27.7 Å². The van der Waals surface area contributed by atoms with Crippen molar-refractivity contribution in [2.24, 2.45) is 0 Å². The Balaban J connectivity index is 1.47. The zero-order valence-electron chi connectivity index (χ0n) is 16.8. The molecule has 0 radical (unpaired) electrons. The summed E-state index contributed by atoms with van der Waals surface area (Å²) in [6.45, 7) is 3.00. The number of nitrogens with one attached hydrogen (secondary N) is 1. The van der Waals surface area contributed by atoms with Crippen molar-refractivity contribution in [3.8, 4) is 0 Å². The van der Waals surface area contributed by atoms with E-state index >= 15 is 0 Å². The van der Waals surface area contributed by atoms with E-state index < -0.39 is 18.3 Å². The second kappa shape index (κ2) is 7.81. The molecule has 166 valence electrons. The lowest BCUT2D eigenvalue weighted by Crippen LogP contribution is -2.52. The lowest BCUT2D eigenvalue weighted by Gasteiger charge is -2.37. The molecule has 1 amide bonds. The van der Waals surface area contributed by atoms with Gasteiger partial charge < -0.3 is 10.2 Å². The predicted molar refractivity (Wildman–Crippen MR) is 113 cm³/mol. The maximum absolute atomic E-state index is 13.9. The van der Waals surface area contributed by atoms with Gasteiger partial charge in [-0.3, -0.25) is 9.69 Å². The first-order valence-corrected chi connectivity index (χ1v) is 11.3. The van der Waals surface area contributed by atoms with Gasteiger partial charge in [0.2, 0.25) is 0 Å². The summed E-state index contributed by atoms with van der Waals surface area (Å²) in [5, 5.41) is 7.34. The maximum Gasteiger partial charge on any atom is 0.410 e.